The summed E-state index contributed by atoms with van der Waals surface area (Å²) in [5.41, 5.74) is 5.13. The third-order valence-corrected chi connectivity index (χ3v) is 2.85. The van der Waals surface area contributed by atoms with Crippen molar-refractivity contribution in [3.8, 4) is 0 Å². The van der Waals surface area contributed by atoms with Crippen LogP contribution in [0.5, 0.6) is 0 Å². The molecule has 0 saturated heterocycles. The number of nitrogens with zero attached hydrogens (tertiary/aromatic N) is 2. The van der Waals surface area contributed by atoms with Gasteiger partial charge >= 0.3 is 0 Å². The lowest BCUT2D eigenvalue weighted by Gasteiger charge is -2.12. The van der Waals surface area contributed by atoms with Crippen LogP contribution in [-0.4, -0.2) is 15.9 Å². The van der Waals surface area contributed by atoms with E-state index >= 15 is 0 Å². The fourth-order valence-electron chi connectivity index (χ4n) is 1.91. The second kappa shape index (κ2) is 4.55. The zero-order valence-corrected chi connectivity index (χ0v) is 9.72. The molecule has 17 heavy (non-hydrogen) atoms. The predicted octanol–water partition coefficient (Wildman–Crippen LogP) is 0.0490. The molecule has 2 N–H and O–H groups in total. The van der Waals surface area contributed by atoms with Crippen molar-refractivity contribution < 1.29 is 0 Å². The molecule has 0 bridgehead atoms. The molecular formula is C12H15N3O2. The van der Waals surface area contributed by atoms with Crippen molar-refractivity contribution in [2.45, 2.75) is 13.0 Å². The normalized spacial score (nSPS) is 10.9. The zero-order valence-electron chi connectivity index (χ0n) is 9.72. The van der Waals surface area contributed by atoms with Crippen LogP contribution < -0.4 is 16.9 Å². The van der Waals surface area contributed by atoms with Gasteiger partial charge in [-0.05, 0) is 25.1 Å². The topological polar surface area (TPSA) is 70.0 Å². The van der Waals surface area contributed by atoms with E-state index in [0.717, 1.165) is 0 Å². The maximum Gasteiger partial charge on any atom is 0.273 e. The van der Waals surface area contributed by atoms with Gasteiger partial charge in [0.1, 0.15) is 0 Å². The highest BCUT2D eigenvalue weighted by Gasteiger charge is 2.09. The van der Waals surface area contributed by atoms with E-state index in [4.69, 9.17) is 5.73 Å². The van der Waals surface area contributed by atoms with Crippen LogP contribution >= 0.6 is 0 Å². The lowest BCUT2D eigenvalue weighted by molar-refractivity contribution is 0.458. The van der Waals surface area contributed by atoms with Crippen molar-refractivity contribution in [1.29, 1.82) is 0 Å². The van der Waals surface area contributed by atoms with Crippen LogP contribution in [0.15, 0.2) is 33.9 Å². The summed E-state index contributed by atoms with van der Waals surface area (Å²) in [4.78, 5) is 24.2. The Kier molecular flexibility index (Phi) is 3.10. The molecule has 0 unspecified atom stereocenters. The highest BCUT2D eigenvalue weighted by Crippen LogP contribution is 2.03. The van der Waals surface area contributed by atoms with E-state index in [1.807, 2.05) is 0 Å². The number of aromatic nitrogens is 2. The lowest BCUT2D eigenvalue weighted by Crippen LogP contribution is -2.37. The van der Waals surface area contributed by atoms with Crippen LogP contribution in [-0.2, 0) is 13.6 Å². The predicted molar refractivity (Wildman–Crippen MR) is 67.1 cm³/mol. The maximum atomic E-state index is 12.2. The third kappa shape index (κ3) is 1.89. The van der Waals surface area contributed by atoms with E-state index in [1.54, 1.807) is 31.3 Å². The fraction of sp³-hybridized carbons (Fsp3) is 0.333. The van der Waals surface area contributed by atoms with Gasteiger partial charge in [-0.1, -0.05) is 12.1 Å². The highest BCUT2D eigenvalue weighted by atomic mass is 16.2. The van der Waals surface area contributed by atoms with Gasteiger partial charge in [0, 0.05) is 13.6 Å². The molecule has 1 heterocycles. The van der Waals surface area contributed by atoms with E-state index < -0.39 is 0 Å². The van der Waals surface area contributed by atoms with E-state index in [0.29, 0.717) is 30.3 Å². The fourth-order valence-corrected chi connectivity index (χ4v) is 1.91. The van der Waals surface area contributed by atoms with Gasteiger partial charge in [-0.2, -0.15) is 0 Å². The first kappa shape index (κ1) is 11.6. The molecule has 0 aliphatic heterocycles. The number of hydrogen-bond donors (Lipinski definition) is 1. The molecule has 0 saturated carbocycles. The summed E-state index contributed by atoms with van der Waals surface area (Å²) in [5.74, 6) is 0. The van der Waals surface area contributed by atoms with Gasteiger partial charge in [0.2, 0.25) is 0 Å². The minimum Gasteiger partial charge on any atom is -0.330 e. The molecule has 1 aromatic carbocycles. The Hall–Kier alpha value is -1.88. The summed E-state index contributed by atoms with van der Waals surface area (Å²) in [6, 6.07) is 6.87. The van der Waals surface area contributed by atoms with Gasteiger partial charge in [0.25, 0.3) is 11.1 Å². The van der Waals surface area contributed by atoms with Gasteiger partial charge in [-0.3, -0.25) is 14.3 Å². The molecule has 0 amide bonds. The average molecular weight is 233 g/mol. The van der Waals surface area contributed by atoms with E-state index in [1.165, 1.54) is 9.36 Å². The van der Waals surface area contributed by atoms with Gasteiger partial charge in [-0.15, -0.1) is 0 Å². The Bertz CT molecular complexity index is 655. The maximum absolute atomic E-state index is 12.2. The first-order valence-corrected chi connectivity index (χ1v) is 5.55. The molecule has 0 atom stereocenters. The molecule has 2 aromatic rings. The van der Waals surface area contributed by atoms with Crippen molar-refractivity contribution in [2.24, 2.45) is 12.8 Å². The number of benzene rings is 1. The molecule has 0 aliphatic rings. The third-order valence-electron chi connectivity index (χ3n) is 2.85. The number of nitrogens with two attached hydrogens (primary N) is 1. The Morgan fingerprint density at radius 2 is 1.71 bits per heavy atom. The molecule has 1 aromatic heterocycles. The Labute approximate surface area is 98.1 Å². The van der Waals surface area contributed by atoms with Crippen LogP contribution in [0.4, 0.5) is 0 Å². The lowest BCUT2D eigenvalue weighted by atomic mass is 10.2. The minimum absolute atomic E-state index is 0.142. The molecular weight excluding hydrogens is 218 g/mol. The Morgan fingerprint density at radius 3 is 2.29 bits per heavy atom. The molecule has 2 rings (SSSR count). The number of hydrogen-bond acceptors (Lipinski definition) is 3. The Balaban J connectivity index is 2.78. The molecule has 90 valence electrons. The Morgan fingerprint density at radius 1 is 1.12 bits per heavy atom. The summed E-state index contributed by atoms with van der Waals surface area (Å²) in [6.45, 7) is 0.958. The highest BCUT2D eigenvalue weighted by molar-refractivity contribution is 5.80. The van der Waals surface area contributed by atoms with E-state index in [2.05, 4.69) is 0 Å². The first-order valence-electron chi connectivity index (χ1n) is 5.55. The van der Waals surface area contributed by atoms with Crippen molar-refractivity contribution in [2.75, 3.05) is 6.54 Å². The van der Waals surface area contributed by atoms with Crippen molar-refractivity contribution in [3.63, 3.8) is 0 Å². The standard InChI is InChI=1S/C12H15N3O2/c1-14-11(16)9-5-2-3-6-10(9)12(17)15(14)8-4-7-13/h2-3,5-6H,4,7-8,13H2,1H3. The minimum atomic E-state index is -0.155. The van der Waals surface area contributed by atoms with Crippen molar-refractivity contribution in [1.82, 2.24) is 9.36 Å². The van der Waals surface area contributed by atoms with Gasteiger partial charge in [0.15, 0.2) is 0 Å². The van der Waals surface area contributed by atoms with Gasteiger partial charge < -0.3 is 5.73 Å². The van der Waals surface area contributed by atoms with Crippen molar-refractivity contribution >= 4 is 10.8 Å². The molecule has 0 fully saturated rings. The summed E-state index contributed by atoms with van der Waals surface area (Å²) in [5, 5.41) is 0.927. The molecule has 0 spiro atoms. The van der Waals surface area contributed by atoms with Gasteiger partial charge in [0.05, 0.1) is 10.8 Å². The zero-order chi connectivity index (χ0) is 12.4. The summed E-state index contributed by atoms with van der Waals surface area (Å²) < 4.78 is 2.80. The number of rotatable bonds is 3. The van der Waals surface area contributed by atoms with Crippen LogP contribution in [0.2, 0.25) is 0 Å². The van der Waals surface area contributed by atoms with Crippen LogP contribution in [0.1, 0.15) is 6.42 Å². The quantitative estimate of drug-likeness (QED) is 0.814. The van der Waals surface area contributed by atoms with Crippen LogP contribution in [0.3, 0.4) is 0 Å². The van der Waals surface area contributed by atoms with E-state index in [9.17, 15) is 9.59 Å². The monoisotopic (exact) mass is 233 g/mol. The summed E-state index contributed by atoms with van der Waals surface area (Å²) in [6.07, 6.45) is 0.672. The van der Waals surface area contributed by atoms with Crippen LogP contribution in [0, 0.1) is 0 Å². The second-order valence-electron chi connectivity index (χ2n) is 3.94. The SMILES string of the molecule is Cn1c(=O)c2ccccc2c(=O)n1CCCN. The summed E-state index contributed by atoms with van der Waals surface area (Å²) >= 11 is 0. The average Bonchev–Trinajstić information content (AvgIpc) is 2.36. The largest absolute Gasteiger partial charge is 0.330 e. The van der Waals surface area contributed by atoms with Crippen molar-refractivity contribution in [3.05, 3.63) is 45.0 Å². The van der Waals surface area contributed by atoms with E-state index in [-0.39, 0.29) is 11.1 Å². The summed E-state index contributed by atoms with van der Waals surface area (Å²) in [7, 11) is 1.60. The first-order chi connectivity index (χ1) is 8.16. The second-order valence-corrected chi connectivity index (χ2v) is 3.94. The number of fused-ring (bicyclic) bond motifs is 1. The van der Waals surface area contributed by atoms with Gasteiger partial charge in [-0.25, -0.2) is 4.68 Å². The molecule has 0 aliphatic carbocycles. The molecule has 0 radical (unpaired) electrons. The van der Waals surface area contributed by atoms with Crippen LogP contribution in [0.25, 0.3) is 10.8 Å². The molecule has 5 nitrogen and oxygen atoms in total. The smallest absolute Gasteiger partial charge is 0.273 e. The molecule has 5 heteroatoms.